The van der Waals surface area contributed by atoms with Crippen LogP contribution in [0.3, 0.4) is 0 Å². The standard InChI is InChI=1S/C21H21ClFN3O2/c1-15(28-19-6-2-16(13-24)3-7-19)21(27)26-10-8-25(9-11-26)14-17-4-5-18(23)12-20(17)22/h2-7,12,15H,8-11,14H2,1H3. The van der Waals surface area contributed by atoms with E-state index < -0.39 is 6.10 Å². The molecule has 1 unspecified atom stereocenters. The molecule has 28 heavy (non-hydrogen) atoms. The Labute approximate surface area is 168 Å². The van der Waals surface area contributed by atoms with Crippen LogP contribution in [0.15, 0.2) is 42.5 Å². The summed E-state index contributed by atoms with van der Waals surface area (Å²) < 4.78 is 18.9. The zero-order chi connectivity index (χ0) is 20.1. The normalized spacial score (nSPS) is 15.7. The molecule has 0 spiro atoms. The topological polar surface area (TPSA) is 56.6 Å². The second-order valence-electron chi connectivity index (χ2n) is 6.73. The van der Waals surface area contributed by atoms with Gasteiger partial charge in [-0.25, -0.2) is 4.39 Å². The van der Waals surface area contributed by atoms with Gasteiger partial charge in [0.15, 0.2) is 6.10 Å². The third kappa shape index (κ3) is 5.00. The molecule has 1 saturated heterocycles. The van der Waals surface area contributed by atoms with Crippen molar-refractivity contribution >= 4 is 17.5 Å². The molecule has 7 heteroatoms. The summed E-state index contributed by atoms with van der Waals surface area (Å²) in [5.74, 6) is 0.147. The van der Waals surface area contributed by atoms with Crippen molar-refractivity contribution in [3.8, 4) is 11.8 Å². The van der Waals surface area contributed by atoms with Gasteiger partial charge in [-0.3, -0.25) is 9.69 Å². The lowest BCUT2D eigenvalue weighted by Crippen LogP contribution is -2.51. The highest BCUT2D eigenvalue weighted by Gasteiger charge is 2.26. The van der Waals surface area contributed by atoms with E-state index in [1.165, 1.54) is 12.1 Å². The largest absolute Gasteiger partial charge is 0.481 e. The fourth-order valence-corrected chi connectivity index (χ4v) is 3.36. The van der Waals surface area contributed by atoms with Crippen molar-refractivity contribution in [3.63, 3.8) is 0 Å². The van der Waals surface area contributed by atoms with Gasteiger partial charge in [-0.15, -0.1) is 0 Å². The molecule has 1 aliphatic rings. The first-order chi connectivity index (χ1) is 13.5. The lowest BCUT2D eigenvalue weighted by molar-refractivity contribution is -0.139. The first-order valence-corrected chi connectivity index (χ1v) is 9.46. The predicted octanol–water partition coefficient (Wildman–Crippen LogP) is 3.46. The predicted molar refractivity (Wildman–Crippen MR) is 105 cm³/mol. The quantitative estimate of drug-likeness (QED) is 0.769. The molecule has 0 saturated carbocycles. The third-order valence-electron chi connectivity index (χ3n) is 4.74. The molecule has 1 heterocycles. The van der Waals surface area contributed by atoms with E-state index in [0.717, 1.165) is 5.56 Å². The van der Waals surface area contributed by atoms with Crippen LogP contribution in [0.4, 0.5) is 4.39 Å². The van der Waals surface area contributed by atoms with Crippen molar-refractivity contribution in [3.05, 3.63) is 64.4 Å². The lowest BCUT2D eigenvalue weighted by Gasteiger charge is -2.36. The molecule has 0 aliphatic carbocycles. The monoisotopic (exact) mass is 401 g/mol. The van der Waals surface area contributed by atoms with Crippen LogP contribution in [0.5, 0.6) is 5.75 Å². The van der Waals surface area contributed by atoms with Gasteiger partial charge >= 0.3 is 0 Å². The van der Waals surface area contributed by atoms with Crippen LogP contribution in [0.1, 0.15) is 18.1 Å². The van der Waals surface area contributed by atoms with Crippen LogP contribution in [-0.2, 0) is 11.3 Å². The fraction of sp³-hybridized carbons (Fsp3) is 0.333. The number of nitriles is 1. The molecule has 2 aromatic carbocycles. The summed E-state index contributed by atoms with van der Waals surface area (Å²) in [7, 11) is 0. The second kappa shape index (κ2) is 9.05. The van der Waals surface area contributed by atoms with Crippen molar-refractivity contribution in [1.82, 2.24) is 9.80 Å². The fourth-order valence-electron chi connectivity index (χ4n) is 3.14. The number of piperazine rings is 1. The van der Waals surface area contributed by atoms with Crippen LogP contribution >= 0.6 is 11.6 Å². The molecular weight excluding hydrogens is 381 g/mol. The summed E-state index contributed by atoms with van der Waals surface area (Å²) >= 11 is 6.10. The van der Waals surface area contributed by atoms with Gasteiger partial charge < -0.3 is 9.64 Å². The number of hydrogen-bond donors (Lipinski definition) is 0. The van der Waals surface area contributed by atoms with Gasteiger partial charge in [0.25, 0.3) is 5.91 Å². The van der Waals surface area contributed by atoms with E-state index in [0.29, 0.717) is 49.1 Å². The van der Waals surface area contributed by atoms with E-state index in [4.69, 9.17) is 21.6 Å². The van der Waals surface area contributed by atoms with Gasteiger partial charge in [0.1, 0.15) is 11.6 Å². The number of carbonyl (C=O) groups excluding carboxylic acids is 1. The van der Waals surface area contributed by atoms with Crippen LogP contribution in [0.2, 0.25) is 5.02 Å². The molecule has 0 radical (unpaired) electrons. The van der Waals surface area contributed by atoms with Gasteiger partial charge in [-0.05, 0) is 48.9 Å². The van der Waals surface area contributed by atoms with E-state index in [1.54, 1.807) is 42.2 Å². The summed E-state index contributed by atoms with van der Waals surface area (Å²) in [6.45, 7) is 4.97. The molecule has 0 bridgehead atoms. The maximum Gasteiger partial charge on any atom is 0.263 e. The Kier molecular flexibility index (Phi) is 6.50. The summed E-state index contributed by atoms with van der Waals surface area (Å²) in [6, 6.07) is 13.2. The number of carbonyl (C=O) groups is 1. The average Bonchev–Trinajstić information content (AvgIpc) is 2.70. The summed E-state index contributed by atoms with van der Waals surface area (Å²) in [6.07, 6.45) is -0.606. The zero-order valence-electron chi connectivity index (χ0n) is 15.6. The molecule has 1 amide bonds. The third-order valence-corrected chi connectivity index (χ3v) is 5.09. The first kappa shape index (κ1) is 20.1. The molecule has 5 nitrogen and oxygen atoms in total. The van der Waals surface area contributed by atoms with Crippen molar-refractivity contribution in [2.24, 2.45) is 0 Å². The Morgan fingerprint density at radius 3 is 2.50 bits per heavy atom. The number of ether oxygens (including phenoxy) is 1. The highest BCUT2D eigenvalue weighted by atomic mass is 35.5. The second-order valence-corrected chi connectivity index (χ2v) is 7.14. The number of nitrogens with zero attached hydrogens (tertiary/aromatic N) is 3. The zero-order valence-corrected chi connectivity index (χ0v) is 16.3. The Bertz CT molecular complexity index is 874. The maximum atomic E-state index is 13.2. The minimum atomic E-state index is -0.606. The van der Waals surface area contributed by atoms with Crippen LogP contribution in [0.25, 0.3) is 0 Å². The number of amides is 1. The summed E-state index contributed by atoms with van der Waals surface area (Å²) in [5, 5.41) is 9.25. The Balaban J connectivity index is 1.50. The van der Waals surface area contributed by atoms with Gasteiger partial charge in [0.2, 0.25) is 0 Å². The van der Waals surface area contributed by atoms with Crippen molar-refractivity contribution < 1.29 is 13.9 Å². The van der Waals surface area contributed by atoms with E-state index >= 15 is 0 Å². The van der Waals surface area contributed by atoms with Crippen molar-refractivity contribution in [2.45, 2.75) is 19.6 Å². The van der Waals surface area contributed by atoms with E-state index in [9.17, 15) is 9.18 Å². The lowest BCUT2D eigenvalue weighted by atomic mass is 10.2. The van der Waals surface area contributed by atoms with Gasteiger partial charge in [0, 0.05) is 37.7 Å². The molecule has 0 N–H and O–H groups in total. The maximum absolute atomic E-state index is 13.2. The molecule has 1 aliphatic heterocycles. The first-order valence-electron chi connectivity index (χ1n) is 9.08. The average molecular weight is 402 g/mol. The van der Waals surface area contributed by atoms with Crippen molar-refractivity contribution in [2.75, 3.05) is 26.2 Å². The molecule has 0 aromatic heterocycles. The molecule has 146 valence electrons. The molecule has 2 aromatic rings. The number of benzene rings is 2. The Morgan fingerprint density at radius 2 is 1.89 bits per heavy atom. The number of halogens is 2. The Morgan fingerprint density at radius 1 is 1.21 bits per heavy atom. The van der Waals surface area contributed by atoms with Gasteiger partial charge in [-0.1, -0.05) is 17.7 Å². The minimum Gasteiger partial charge on any atom is -0.481 e. The molecule has 1 atom stereocenters. The van der Waals surface area contributed by atoms with Gasteiger partial charge in [0.05, 0.1) is 11.6 Å². The SMILES string of the molecule is CC(Oc1ccc(C#N)cc1)C(=O)N1CCN(Cc2ccc(F)cc2Cl)CC1. The molecule has 1 fully saturated rings. The van der Waals surface area contributed by atoms with Gasteiger partial charge in [-0.2, -0.15) is 5.26 Å². The van der Waals surface area contributed by atoms with E-state index in [2.05, 4.69) is 4.90 Å². The molecule has 3 rings (SSSR count). The molecular formula is C21H21ClFN3O2. The summed E-state index contributed by atoms with van der Waals surface area (Å²) in [4.78, 5) is 16.6. The van der Waals surface area contributed by atoms with Crippen molar-refractivity contribution in [1.29, 1.82) is 5.26 Å². The Hall–Kier alpha value is -2.62. The highest BCUT2D eigenvalue weighted by Crippen LogP contribution is 2.20. The van der Waals surface area contributed by atoms with Crippen LogP contribution < -0.4 is 4.74 Å². The smallest absolute Gasteiger partial charge is 0.263 e. The number of hydrogen-bond acceptors (Lipinski definition) is 4. The van der Waals surface area contributed by atoms with E-state index in [-0.39, 0.29) is 11.7 Å². The number of rotatable bonds is 5. The highest BCUT2D eigenvalue weighted by molar-refractivity contribution is 6.31. The summed E-state index contributed by atoms with van der Waals surface area (Å²) in [5.41, 5.74) is 1.42. The van der Waals surface area contributed by atoms with Crippen LogP contribution in [0, 0.1) is 17.1 Å². The van der Waals surface area contributed by atoms with E-state index in [1.807, 2.05) is 6.07 Å². The van der Waals surface area contributed by atoms with Crippen LogP contribution in [-0.4, -0.2) is 48.0 Å². The minimum absolute atomic E-state index is 0.0659.